The second kappa shape index (κ2) is 14.3. The third-order valence-electron chi connectivity index (χ3n) is 7.91. The summed E-state index contributed by atoms with van der Waals surface area (Å²) in [6, 6.07) is 37.6. The van der Waals surface area contributed by atoms with E-state index in [1.54, 1.807) is 6.07 Å². The summed E-state index contributed by atoms with van der Waals surface area (Å²) in [6.45, 7) is 12.9. The molecule has 5 aromatic carbocycles. The van der Waals surface area contributed by atoms with Crippen LogP contribution in [0.1, 0.15) is 50.3 Å². The van der Waals surface area contributed by atoms with Crippen molar-refractivity contribution in [3.05, 3.63) is 126 Å². The lowest BCUT2D eigenvalue weighted by molar-refractivity contribution is 0.484. The molecule has 5 nitrogen and oxygen atoms in total. The van der Waals surface area contributed by atoms with Gasteiger partial charge >= 0.3 is 0 Å². The lowest BCUT2D eigenvalue weighted by atomic mass is 9.85. The van der Waals surface area contributed by atoms with Crippen LogP contribution in [0.25, 0.3) is 10.8 Å². The van der Waals surface area contributed by atoms with Gasteiger partial charge in [-0.25, -0.2) is 0 Å². The number of nitrogens with zero attached hydrogens (tertiary/aromatic N) is 2. The molecule has 0 saturated heterocycles. The Kier molecular flexibility index (Phi) is 10.3. The highest BCUT2D eigenvalue weighted by Gasteiger charge is 2.18. The van der Waals surface area contributed by atoms with Gasteiger partial charge < -0.3 is 26.4 Å². The fraction of sp³-hybridized carbons (Fsp3) is 0.243. The van der Waals surface area contributed by atoms with Gasteiger partial charge in [-0.05, 0) is 92.2 Å². The Morgan fingerprint density at radius 2 is 0.976 bits per heavy atom. The van der Waals surface area contributed by atoms with Crippen LogP contribution in [-0.4, -0.2) is 31.3 Å². The van der Waals surface area contributed by atoms with E-state index in [2.05, 4.69) is 98.2 Å². The highest BCUT2D eigenvalue weighted by atomic mass is 16.3. The number of phenols is 1. The van der Waals surface area contributed by atoms with Gasteiger partial charge in [0.2, 0.25) is 0 Å². The summed E-state index contributed by atoms with van der Waals surface area (Å²) in [5, 5.41) is 11.3. The summed E-state index contributed by atoms with van der Waals surface area (Å²) in [5.74, 6) is 0.357. The highest BCUT2D eigenvalue weighted by Crippen LogP contribution is 2.34. The minimum Gasteiger partial charge on any atom is -0.505 e. The maximum atomic E-state index is 9.53. The molecule has 0 amide bonds. The number of benzene rings is 5. The molecule has 0 saturated carbocycles. The van der Waals surface area contributed by atoms with E-state index in [1.165, 1.54) is 28.1 Å². The van der Waals surface area contributed by atoms with Crippen molar-refractivity contribution >= 4 is 33.5 Å². The normalized spacial score (nSPS) is 10.8. The SMILES string of the molecule is CCN(CC)c1ccc(C(c2ccc(N)cc2)c2ccc(N(CC)CC)cc2)cc1.Nc1ccc2ccccc2c1O. The van der Waals surface area contributed by atoms with E-state index in [-0.39, 0.29) is 11.7 Å². The predicted molar refractivity (Wildman–Crippen MR) is 182 cm³/mol. The van der Waals surface area contributed by atoms with Gasteiger partial charge in [0.1, 0.15) is 5.75 Å². The summed E-state index contributed by atoms with van der Waals surface area (Å²) >= 11 is 0. The minimum atomic E-state index is 0.174. The number of nitrogens with two attached hydrogens (primary N) is 2. The Balaban J connectivity index is 0.000000279. The van der Waals surface area contributed by atoms with E-state index in [0.717, 1.165) is 42.6 Å². The predicted octanol–water partition coefficient (Wildman–Crippen LogP) is 8.27. The zero-order valence-corrected chi connectivity index (χ0v) is 25.3. The first kappa shape index (κ1) is 30.3. The maximum Gasteiger partial charge on any atom is 0.146 e. The largest absolute Gasteiger partial charge is 0.505 e. The van der Waals surface area contributed by atoms with Gasteiger partial charge in [0, 0.05) is 54.5 Å². The number of hydrogen-bond donors (Lipinski definition) is 3. The van der Waals surface area contributed by atoms with E-state index in [1.807, 2.05) is 42.5 Å². The van der Waals surface area contributed by atoms with Crippen LogP contribution < -0.4 is 21.3 Å². The van der Waals surface area contributed by atoms with Crippen molar-refractivity contribution in [3.63, 3.8) is 0 Å². The molecule has 5 aromatic rings. The van der Waals surface area contributed by atoms with Gasteiger partial charge in [0.15, 0.2) is 0 Å². The van der Waals surface area contributed by atoms with Gasteiger partial charge in [-0.1, -0.05) is 66.7 Å². The summed E-state index contributed by atoms with van der Waals surface area (Å²) in [5.41, 5.74) is 19.1. The highest BCUT2D eigenvalue weighted by molar-refractivity contribution is 5.92. The molecule has 0 aliphatic rings. The molecule has 0 aliphatic carbocycles. The maximum absolute atomic E-state index is 9.53. The van der Waals surface area contributed by atoms with Crippen LogP contribution in [0.3, 0.4) is 0 Å². The molecule has 42 heavy (non-hydrogen) atoms. The number of phenolic OH excluding ortho intramolecular Hbond substituents is 1. The Morgan fingerprint density at radius 1 is 0.548 bits per heavy atom. The number of fused-ring (bicyclic) bond motifs is 1. The molecule has 218 valence electrons. The van der Waals surface area contributed by atoms with Crippen LogP contribution in [0.4, 0.5) is 22.7 Å². The topological polar surface area (TPSA) is 78.8 Å². The molecular weight excluding hydrogens is 516 g/mol. The number of anilines is 4. The summed E-state index contributed by atoms with van der Waals surface area (Å²) in [7, 11) is 0. The van der Waals surface area contributed by atoms with E-state index in [0.29, 0.717) is 5.69 Å². The third-order valence-corrected chi connectivity index (χ3v) is 7.91. The molecule has 0 unspecified atom stereocenters. The molecule has 0 aromatic heterocycles. The first-order chi connectivity index (χ1) is 20.4. The molecule has 5 N–H and O–H groups in total. The monoisotopic (exact) mass is 560 g/mol. The first-order valence-electron chi connectivity index (χ1n) is 14.9. The van der Waals surface area contributed by atoms with Crippen LogP contribution in [0.5, 0.6) is 5.75 Å². The molecule has 0 atom stereocenters. The number of nitrogen functional groups attached to an aromatic ring is 2. The molecule has 0 bridgehead atoms. The number of hydrogen-bond acceptors (Lipinski definition) is 5. The van der Waals surface area contributed by atoms with Crippen LogP contribution in [0.15, 0.2) is 109 Å². The second-order valence-electron chi connectivity index (χ2n) is 10.4. The van der Waals surface area contributed by atoms with Crippen molar-refractivity contribution in [3.8, 4) is 5.75 Å². The Morgan fingerprint density at radius 3 is 1.43 bits per heavy atom. The molecule has 5 heteroatoms. The second-order valence-corrected chi connectivity index (χ2v) is 10.4. The zero-order valence-electron chi connectivity index (χ0n) is 25.3. The van der Waals surface area contributed by atoms with Crippen LogP contribution in [0, 0.1) is 0 Å². The molecule has 5 rings (SSSR count). The fourth-order valence-electron chi connectivity index (χ4n) is 5.47. The molecular formula is C37H44N4O. The van der Waals surface area contributed by atoms with Crippen molar-refractivity contribution < 1.29 is 5.11 Å². The summed E-state index contributed by atoms with van der Waals surface area (Å²) in [4.78, 5) is 4.75. The quantitative estimate of drug-likeness (QED) is 0.0961. The van der Waals surface area contributed by atoms with Crippen molar-refractivity contribution in [1.82, 2.24) is 0 Å². The van der Waals surface area contributed by atoms with Crippen molar-refractivity contribution in [2.45, 2.75) is 33.6 Å². The lowest BCUT2D eigenvalue weighted by Crippen LogP contribution is -2.21. The Labute approximate surface area is 251 Å². The van der Waals surface area contributed by atoms with Gasteiger partial charge in [-0.3, -0.25) is 0 Å². The van der Waals surface area contributed by atoms with Gasteiger partial charge in [-0.2, -0.15) is 0 Å². The standard InChI is InChI=1S/C27H35N3.C10H9NO/c1-5-29(6-2)25-17-11-22(12-18-25)27(21-9-15-24(28)16-10-21)23-13-19-26(20-14-23)30(7-3)8-4;11-9-6-5-7-3-1-2-4-8(7)10(9)12/h9-20,27H,5-8,28H2,1-4H3;1-6,12H,11H2. The van der Waals surface area contributed by atoms with E-state index in [4.69, 9.17) is 11.5 Å². The molecule has 0 spiro atoms. The van der Waals surface area contributed by atoms with Crippen LogP contribution in [0.2, 0.25) is 0 Å². The number of rotatable bonds is 9. The average molecular weight is 561 g/mol. The summed E-state index contributed by atoms with van der Waals surface area (Å²) < 4.78 is 0. The third kappa shape index (κ3) is 6.98. The van der Waals surface area contributed by atoms with Gasteiger partial charge in [0.05, 0.1) is 5.69 Å². The van der Waals surface area contributed by atoms with Gasteiger partial charge in [0.25, 0.3) is 0 Å². The summed E-state index contributed by atoms with van der Waals surface area (Å²) in [6.07, 6.45) is 0. The van der Waals surface area contributed by atoms with Crippen molar-refractivity contribution in [1.29, 1.82) is 0 Å². The molecule has 0 heterocycles. The number of aromatic hydroxyl groups is 1. The van der Waals surface area contributed by atoms with Crippen LogP contribution in [-0.2, 0) is 0 Å². The van der Waals surface area contributed by atoms with E-state index in [9.17, 15) is 5.11 Å². The Hall–Kier alpha value is -4.64. The lowest BCUT2D eigenvalue weighted by Gasteiger charge is -2.25. The van der Waals surface area contributed by atoms with Crippen molar-refractivity contribution in [2.75, 3.05) is 47.4 Å². The Bertz CT molecular complexity index is 1480. The minimum absolute atomic E-state index is 0.174. The van der Waals surface area contributed by atoms with E-state index >= 15 is 0 Å². The smallest absolute Gasteiger partial charge is 0.146 e. The fourth-order valence-corrected chi connectivity index (χ4v) is 5.47. The first-order valence-corrected chi connectivity index (χ1v) is 14.9. The molecule has 0 radical (unpaired) electrons. The average Bonchev–Trinajstić information content (AvgIpc) is 3.03. The van der Waals surface area contributed by atoms with Crippen molar-refractivity contribution in [2.24, 2.45) is 0 Å². The zero-order chi connectivity index (χ0) is 30.1. The van der Waals surface area contributed by atoms with Crippen LogP contribution >= 0.6 is 0 Å². The van der Waals surface area contributed by atoms with E-state index < -0.39 is 0 Å². The molecule has 0 aliphatic heterocycles. The molecule has 0 fully saturated rings. The van der Waals surface area contributed by atoms with Gasteiger partial charge in [-0.15, -0.1) is 0 Å².